The minimum Gasteiger partial charge on any atom is -0.339 e. The van der Waals surface area contributed by atoms with E-state index in [4.69, 9.17) is 17.4 Å². The average Bonchev–Trinajstić information content (AvgIpc) is 2.79. The van der Waals surface area contributed by atoms with E-state index in [1.165, 1.54) is 0 Å². The standard InChI is InChI=1S/C22H24ClN7O2S/c1-25-30-19(29-24)12-14-7-9-17(10-8-14)26-22-20-18(6-3-11-33(20,31)32)27-21(28-22)15-4-2-5-16(23)13-15/h2,4-5,7-10,13,25H,3,6,11-12,24H2,1H3,(H,29,30)(H,26,27,28). The highest BCUT2D eigenvalue weighted by atomic mass is 35.5. The Morgan fingerprint density at radius 2 is 1.97 bits per heavy atom. The van der Waals surface area contributed by atoms with E-state index in [9.17, 15) is 8.42 Å². The van der Waals surface area contributed by atoms with Crippen LogP contribution in [0.3, 0.4) is 0 Å². The third kappa shape index (κ3) is 5.24. The molecule has 0 bridgehead atoms. The van der Waals surface area contributed by atoms with Crippen molar-refractivity contribution in [3.63, 3.8) is 0 Å². The number of rotatable bonds is 6. The van der Waals surface area contributed by atoms with Gasteiger partial charge in [0.05, 0.1) is 11.4 Å². The van der Waals surface area contributed by atoms with E-state index in [0.29, 0.717) is 47.3 Å². The Morgan fingerprint density at radius 1 is 1.18 bits per heavy atom. The van der Waals surface area contributed by atoms with Gasteiger partial charge < -0.3 is 16.6 Å². The monoisotopic (exact) mass is 485 g/mol. The summed E-state index contributed by atoms with van der Waals surface area (Å²) >= 11 is 6.14. The molecular weight excluding hydrogens is 462 g/mol. The molecule has 4 rings (SSSR count). The van der Waals surface area contributed by atoms with Crippen LogP contribution in [-0.4, -0.2) is 37.0 Å². The smallest absolute Gasteiger partial charge is 0.183 e. The molecule has 0 saturated heterocycles. The van der Waals surface area contributed by atoms with Crippen LogP contribution in [0, 0.1) is 0 Å². The number of halogens is 1. The number of hydrazone groups is 1. The van der Waals surface area contributed by atoms with E-state index >= 15 is 0 Å². The number of aryl methyl sites for hydroxylation is 1. The summed E-state index contributed by atoms with van der Waals surface area (Å²) in [5.74, 6) is 6.75. The van der Waals surface area contributed by atoms with Crippen LogP contribution in [0.4, 0.5) is 11.5 Å². The second-order valence-electron chi connectivity index (χ2n) is 7.55. The van der Waals surface area contributed by atoms with Crippen molar-refractivity contribution in [2.45, 2.75) is 24.2 Å². The van der Waals surface area contributed by atoms with E-state index in [0.717, 1.165) is 11.1 Å². The zero-order valence-corrected chi connectivity index (χ0v) is 19.5. The molecule has 2 aromatic carbocycles. The minimum atomic E-state index is -3.49. The molecule has 0 spiro atoms. The van der Waals surface area contributed by atoms with E-state index in [2.05, 4.69) is 31.2 Å². The third-order valence-corrected chi connectivity index (χ3v) is 7.28. The van der Waals surface area contributed by atoms with Crippen molar-refractivity contribution >= 4 is 38.8 Å². The number of nitrogens with zero attached hydrogens (tertiary/aromatic N) is 3. The summed E-state index contributed by atoms with van der Waals surface area (Å²) in [5.41, 5.74) is 8.58. The molecule has 0 saturated carbocycles. The molecule has 11 heteroatoms. The molecule has 1 aromatic heterocycles. The van der Waals surface area contributed by atoms with Crippen molar-refractivity contribution in [1.82, 2.24) is 20.8 Å². The van der Waals surface area contributed by atoms with Crippen LogP contribution in [0.25, 0.3) is 11.4 Å². The summed E-state index contributed by atoms with van der Waals surface area (Å²) in [7, 11) is -1.76. The summed E-state index contributed by atoms with van der Waals surface area (Å²) in [6.45, 7) is 0. The van der Waals surface area contributed by atoms with Gasteiger partial charge in [-0.1, -0.05) is 35.9 Å². The number of nitrogens with two attached hydrogens (primary N) is 1. The van der Waals surface area contributed by atoms with Gasteiger partial charge in [0.15, 0.2) is 21.5 Å². The number of hydrogen-bond donors (Lipinski definition) is 4. The van der Waals surface area contributed by atoms with Gasteiger partial charge >= 0.3 is 0 Å². The number of aromatic nitrogens is 2. The highest BCUT2D eigenvalue weighted by Crippen LogP contribution is 2.33. The van der Waals surface area contributed by atoms with Gasteiger partial charge in [-0.05, 0) is 42.7 Å². The summed E-state index contributed by atoms with van der Waals surface area (Å²) < 4.78 is 25.8. The first-order valence-electron chi connectivity index (χ1n) is 10.3. The van der Waals surface area contributed by atoms with Gasteiger partial charge in [0, 0.05) is 29.7 Å². The van der Waals surface area contributed by atoms with Gasteiger partial charge in [-0.25, -0.2) is 23.8 Å². The lowest BCUT2D eigenvalue weighted by Gasteiger charge is -2.20. The Hall–Kier alpha value is -3.21. The fourth-order valence-electron chi connectivity index (χ4n) is 3.67. The van der Waals surface area contributed by atoms with Crippen LogP contribution in [0.15, 0.2) is 58.5 Å². The Kier molecular flexibility index (Phi) is 6.77. The first kappa shape index (κ1) is 23.0. The molecular formula is C22H24ClN7O2S. The fourth-order valence-corrected chi connectivity index (χ4v) is 5.49. The van der Waals surface area contributed by atoms with Gasteiger partial charge in [0.2, 0.25) is 0 Å². The molecule has 33 heavy (non-hydrogen) atoms. The van der Waals surface area contributed by atoms with Crippen molar-refractivity contribution in [2.24, 2.45) is 10.9 Å². The lowest BCUT2D eigenvalue weighted by atomic mass is 10.1. The molecule has 0 radical (unpaired) electrons. The predicted molar refractivity (Wildman–Crippen MR) is 130 cm³/mol. The van der Waals surface area contributed by atoms with Crippen LogP contribution >= 0.6 is 11.6 Å². The van der Waals surface area contributed by atoms with Crippen molar-refractivity contribution < 1.29 is 8.42 Å². The number of anilines is 2. The van der Waals surface area contributed by atoms with Crippen LogP contribution in [0.2, 0.25) is 5.02 Å². The number of fused-ring (bicyclic) bond motifs is 1. The molecule has 0 fully saturated rings. The maximum Gasteiger partial charge on any atom is 0.183 e. The van der Waals surface area contributed by atoms with Gasteiger partial charge in [0.25, 0.3) is 0 Å². The van der Waals surface area contributed by atoms with E-state index in [1.54, 1.807) is 19.2 Å². The van der Waals surface area contributed by atoms with Crippen molar-refractivity contribution in [3.8, 4) is 11.4 Å². The zero-order valence-electron chi connectivity index (χ0n) is 18.0. The zero-order chi connectivity index (χ0) is 23.4. The minimum absolute atomic E-state index is 0.0765. The second-order valence-corrected chi connectivity index (χ2v) is 10.0. The maximum atomic E-state index is 12.9. The molecule has 0 amide bonds. The fraction of sp³-hybridized carbons (Fsp3) is 0.227. The number of nitrogens with one attached hydrogen (secondary N) is 3. The topological polar surface area (TPSA) is 134 Å². The first-order chi connectivity index (χ1) is 15.9. The average molecular weight is 486 g/mol. The van der Waals surface area contributed by atoms with E-state index < -0.39 is 9.84 Å². The molecule has 1 aliphatic heterocycles. The highest BCUT2D eigenvalue weighted by Gasteiger charge is 2.30. The second kappa shape index (κ2) is 9.74. The Balaban J connectivity index is 1.70. The number of benzene rings is 2. The molecule has 1 aliphatic rings. The van der Waals surface area contributed by atoms with E-state index in [-0.39, 0.29) is 16.5 Å². The predicted octanol–water partition coefficient (Wildman–Crippen LogP) is 2.80. The Labute approximate surface area is 197 Å². The Bertz CT molecular complexity index is 1290. The van der Waals surface area contributed by atoms with Crippen molar-refractivity contribution in [1.29, 1.82) is 0 Å². The van der Waals surface area contributed by atoms with Crippen LogP contribution < -0.4 is 22.0 Å². The van der Waals surface area contributed by atoms with Crippen molar-refractivity contribution in [2.75, 3.05) is 18.1 Å². The molecule has 3 aromatic rings. The normalized spacial score (nSPS) is 15.0. The molecule has 9 nitrogen and oxygen atoms in total. The lowest BCUT2D eigenvalue weighted by Crippen LogP contribution is -2.36. The first-order valence-corrected chi connectivity index (χ1v) is 12.4. The number of hydrazine groups is 1. The number of hydrogen-bond acceptors (Lipinski definition) is 8. The third-order valence-electron chi connectivity index (χ3n) is 5.17. The SMILES string of the molecule is CNN/C(Cc1ccc(Nc2nc(-c3cccc(Cl)c3)nc3c2S(=O)(=O)CCC3)cc1)=N\N. The van der Waals surface area contributed by atoms with Crippen LogP contribution in [0.1, 0.15) is 17.7 Å². The van der Waals surface area contributed by atoms with Gasteiger partial charge in [-0.3, -0.25) is 0 Å². The Morgan fingerprint density at radius 3 is 2.67 bits per heavy atom. The van der Waals surface area contributed by atoms with Crippen molar-refractivity contribution in [3.05, 3.63) is 64.8 Å². The molecule has 0 unspecified atom stereocenters. The lowest BCUT2D eigenvalue weighted by molar-refractivity contribution is 0.584. The van der Waals surface area contributed by atoms with Gasteiger partial charge in [0.1, 0.15) is 10.7 Å². The quantitative estimate of drug-likeness (QED) is 0.181. The summed E-state index contributed by atoms with van der Waals surface area (Å²) in [5, 5.41) is 7.45. The molecule has 5 N–H and O–H groups in total. The largest absolute Gasteiger partial charge is 0.339 e. The number of sulfone groups is 1. The summed E-state index contributed by atoms with van der Waals surface area (Å²) in [4.78, 5) is 9.32. The highest BCUT2D eigenvalue weighted by molar-refractivity contribution is 7.91. The van der Waals surface area contributed by atoms with Gasteiger partial charge in [-0.2, -0.15) is 5.10 Å². The van der Waals surface area contributed by atoms with Crippen LogP contribution in [-0.2, 0) is 22.7 Å². The van der Waals surface area contributed by atoms with Gasteiger partial charge in [-0.15, -0.1) is 0 Å². The van der Waals surface area contributed by atoms with Crippen LogP contribution in [0.5, 0.6) is 0 Å². The molecule has 2 heterocycles. The summed E-state index contributed by atoms with van der Waals surface area (Å²) in [6.07, 6.45) is 1.60. The molecule has 0 aliphatic carbocycles. The maximum absolute atomic E-state index is 12.9. The summed E-state index contributed by atoms with van der Waals surface area (Å²) in [6, 6.07) is 14.7. The number of amidine groups is 1. The van der Waals surface area contributed by atoms with E-state index in [1.807, 2.05) is 36.4 Å². The molecule has 172 valence electrons. The molecule has 0 atom stereocenters.